The van der Waals surface area contributed by atoms with E-state index in [-0.39, 0.29) is 28.9 Å². The number of sulfonamides is 1. The summed E-state index contributed by atoms with van der Waals surface area (Å²) < 4.78 is 37.0. The minimum atomic E-state index is -4.12. The van der Waals surface area contributed by atoms with Gasteiger partial charge in [0.1, 0.15) is 0 Å². The lowest BCUT2D eigenvalue weighted by atomic mass is 10.1. The van der Waals surface area contributed by atoms with E-state index in [1.54, 1.807) is 12.1 Å². The van der Waals surface area contributed by atoms with Crippen molar-refractivity contribution in [3.8, 4) is 5.88 Å². The Morgan fingerprint density at radius 2 is 1.67 bits per heavy atom. The molecule has 1 heterocycles. The van der Waals surface area contributed by atoms with Crippen molar-refractivity contribution in [2.45, 2.75) is 63.7 Å². The molecule has 0 aliphatic carbocycles. The van der Waals surface area contributed by atoms with Crippen LogP contribution in [-0.4, -0.2) is 44.5 Å². The summed E-state index contributed by atoms with van der Waals surface area (Å²) in [5, 5.41) is 2.83. The largest absolute Gasteiger partial charge is 0.515 e. The first-order valence-corrected chi connectivity index (χ1v) is 13.5. The molecule has 0 saturated carbocycles. The Morgan fingerprint density at radius 1 is 0.944 bits per heavy atom. The van der Waals surface area contributed by atoms with E-state index in [0.29, 0.717) is 19.4 Å². The molecule has 0 aliphatic heterocycles. The van der Waals surface area contributed by atoms with Gasteiger partial charge in [-0.3, -0.25) is 9.59 Å². The predicted octanol–water partition coefficient (Wildman–Crippen LogP) is 3.75. The highest BCUT2D eigenvalue weighted by Gasteiger charge is 2.19. The summed E-state index contributed by atoms with van der Waals surface area (Å²) in [5.41, 5.74) is 0.817. The summed E-state index contributed by atoms with van der Waals surface area (Å²) in [6.07, 6.45) is 5.68. The molecule has 0 saturated heterocycles. The molecular weight excluding hydrogens is 486 g/mol. The highest BCUT2D eigenvalue weighted by atomic mass is 32.2. The Bertz CT molecular complexity index is 1100. The number of ether oxygens (including phenoxy) is 2. The van der Waals surface area contributed by atoms with Crippen molar-refractivity contribution in [2.75, 3.05) is 13.2 Å². The van der Waals surface area contributed by atoms with Crippen LogP contribution in [0.1, 0.15) is 68.3 Å². The number of carbonyl (C=O) groups excluding carboxylic acids is 3. The van der Waals surface area contributed by atoms with E-state index in [4.69, 9.17) is 9.47 Å². The van der Waals surface area contributed by atoms with Gasteiger partial charge in [-0.05, 0) is 43.0 Å². The van der Waals surface area contributed by atoms with Crippen LogP contribution in [-0.2, 0) is 26.0 Å². The number of nitrogens with zero attached hydrogens (tertiary/aromatic N) is 1. The van der Waals surface area contributed by atoms with Crippen molar-refractivity contribution in [1.82, 2.24) is 15.0 Å². The summed E-state index contributed by atoms with van der Waals surface area (Å²) in [5.74, 6) is -0.961. The van der Waals surface area contributed by atoms with Gasteiger partial charge in [-0.2, -0.15) is 0 Å². The van der Waals surface area contributed by atoms with Gasteiger partial charge in [0.15, 0.2) is 0 Å². The third kappa shape index (κ3) is 10.0. The summed E-state index contributed by atoms with van der Waals surface area (Å²) in [4.78, 5) is 39.5. The van der Waals surface area contributed by atoms with Gasteiger partial charge in [0.2, 0.25) is 11.8 Å². The molecule has 0 fully saturated rings. The van der Waals surface area contributed by atoms with Gasteiger partial charge in [0.05, 0.1) is 17.1 Å². The summed E-state index contributed by atoms with van der Waals surface area (Å²) >= 11 is 0. The standard InChI is InChI=1S/C25H33N3O7S/c1-3-5-7-17-34-25(31)35-23-14-11-20(18-27-23)24(30)28-36(32,33)21-12-9-19(10-13-21)15-16-26-22(29)8-6-4-2/h9-14,18H,3-8,15-17H2,1-2H3,(H,26,29)(H,28,30). The number of benzene rings is 1. The molecule has 0 atom stereocenters. The van der Waals surface area contributed by atoms with Crippen LogP contribution in [0.5, 0.6) is 5.88 Å². The van der Waals surface area contributed by atoms with Crippen molar-refractivity contribution < 1.29 is 32.3 Å². The minimum absolute atomic E-state index is 0.00446. The first-order chi connectivity index (χ1) is 17.2. The molecule has 36 heavy (non-hydrogen) atoms. The monoisotopic (exact) mass is 519 g/mol. The van der Waals surface area contributed by atoms with E-state index in [1.165, 1.54) is 24.3 Å². The third-order valence-corrected chi connectivity index (χ3v) is 6.46. The van der Waals surface area contributed by atoms with Crippen molar-refractivity contribution in [2.24, 2.45) is 0 Å². The first-order valence-electron chi connectivity index (χ1n) is 12.0. The molecule has 0 spiro atoms. The number of rotatable bonds is 14. The average molecular weight is 520 g/mol. The Morgan fingerprint density at radius 3 is 2.31 bits per heavy atom. The van der Waals surface area contributed by atoms with Crippen LogP contribution in [0.2, 0.25) is 0 Å². The number of aromatic nitrogens is 1. The Kier molecular flexibility index (Phi) is 11.8. The Labute approximate surface area is 211 Å². The zero-order chi connectivity index (χ0) is 26.4. The minimum Gasteiger partial charge on any atom is -0.434 e. The second-order valence-electron chi connectivity index (χ2n) is 8.07. The van der Waals surface area contributed by atoms with Gasteiger partial charge in [0, 0.05) is 25.2 Å². The third-order valence-electron chi connectivity index (χ3n) is 5.11. The topological polar surface area (TPSA) is 141 Å². The molecule has 1 aromatic heterocycles. The Hall–Kier alpha value is -3.47. The second kappa shape index (κ2) is 14.8. The van der Waals surface area contributed by atoms with Crippen LogP contribution in [0.25, 0.3) is 0 Å². The summed E-state index contributed by atoms with van der Waals surface area (Å²) in [6.45, 7) is 4.74. The molecule has 0 radical (unpaired) electrons. The fraction of sp³-hybridized carbons (Fsp3) is 0.440. The van der Waals surface area contributed by atoms with Gasteiger partial charge in [-0.15, -0.1) is 0 Å². The van der Waals surface area contributed by atoms with Gasteiger partial charge in [0.25, 0.3) is 15.9 Å². The molecule has 2 amide bonds. The van der Waals surface area contributed by atoms with Gasteiger partial charge in [-0.1, -0.05) is 45.2 Å². The van der Waals surface area contributed by atoms with E-state index < -0.39 is 22.1 Å². The van der Waals surface area contributed by atoms with E-state index in [1.807, 2.05) is 18.6 Å². The summed E-state index contributed by atoms with van der Waals surface area (Å²) in [7, 11) is -4.12. The molecule has 2 aromatic rings. The molecule has 2 N–H and O–H groups in total. The SMILES string of the molecule is CCCCCOC(=O)Oc1ccc(C(=O)NS(=O)(=O)c2ccc(CCNC(=O)CCCC)cc2)cn1. The molecule has 0 bridgehead atoms. The fourth-order valence-corrected chi connectivity index (χ4v) is 4.02. The number of nitrogens with one attached hydrogen (secondary N) is 2. The number of unbranched alkanes of at least 4 members (excludes halogenated alkanes) is 3. The molecular formula is C25H33N3O7S. The highest BCUT2D eigenvalue weighted by molar-refractivity contribution is 7.90. The molecule has 11 heteroatoms. The predicted molar refractivity (Wildman–Crippen MR) is 133 cm³/mol. The quantitative estimate of drug-likeness (QED) is 0.284. The van der Waals surface area contributed by atoms with Crippen LogP contribution in [0.15, 0.2) is 47.5 Å². The van der Waals surface area contributed by atoms with Crippen molar-refractivity contribution >= 4 is 28.0 Å². The van der Waals surface area contributed by atoms with Crippen LogP contribution >= 0.6 is 0 Å². The highest BCUT2D eigenvalue weighted by Crippen LogP contribution is 2.13. The maximum absolute atomic E-state index is 12.6. The number of hydrogen-bond acceptors (Lipinski definition) is 8. The van der Waals surface area contributed by atoms with Crippen LogP contribution in [0, 0.1) is 0 Å². The van der Waals surface area contributed by atoms with Gasteiger partial charge >= 0.3 is 6.16 Å². The molecule has 10 nitrogen and oxygen atoms in total. The van der Waals surface area contributed by atoms with E-state index in [9.17, 15) is 22.8 Å². The number of pyridine rings is 1. The smallest absolute Gasteiger partial charge is 0.434 e. The van der Waals surface area contributed by atoms with Crippen molar-refractivity contribution in [3.63, 3.8) is 0 Å². The molecule has 196 valence electrons. The van der Waals surface area contributed by atoms with Gasteiger partial charge < -0.3 is 14.8 Å². The zero-order valence-corrected chi connectivity index (χ0v) is 21.4. The lowest BCUT2D eigenvalue weighted by molar-refractivity contribution is -0.121. The van der Waals surface area contributed by atoms with E-state index >= 15 is 0 Å². The fourth-order valence-electron chi connectivity index (χ4n) is 3.04. The molecule has 1 aromatic carbocycles. The lowest BCUT2D eigenvalue weighted by Crippen LogP contribution is -2.30. The van der Waals surface area contributed by atoms with Crippen LogP contribution in [0.3, 0.4) is 0 Å². The van der Waals surface area contributed by atoms with Gasteiger partial charge in [-0.25, -0.2) is 22.9 Å². The second-order valence-corrected chi connectivity index (χ2v) is 9.76. The first kappa shape index (κ1) is 28.8. The zero-order valence-electron chi connectivity index (χ0n) is 20.6. The molecule has 2 rings (SSSR count). The molecule has 0 aliphatic rings. The maximum atomic E-state index is 12.6. The number of carbonyl (C=O) groups is 3. The van der Waals surface area contributed by atoms with E-state index in [2.05, 4.69) is 10.3 Å². The van der Waals surface area contributed by atoms with E-state index in [0.717, 1.165) is 43.9 Å². The van der Waals surface area contributed by atoms with Crippen LogP contribution in [0.4, 0.5) is 4.79 Å². The molecule has 0 unspecified atom stereocenters. The normalized spacial score (nSPS) is 10.9. The van der Waals surface area contributed by atoms with Crippen molar-refractivity contribution in [3.05, 3.63) is 53.7 Å². The lowest BCUT2D eigenvalue weighted by Gasteiger charge is -2.09. The van der Waals surface area contributed by atoms with Crippen LogP contribution < -0.4 is 14.8 Å². The maximum Gasteiger partial charge on any atom is 0.515 e. The Balaban J connectivity index is 1.86. The number of hydrogen-bond donors (Lipinski definition) is 2. The van der Waals surface area contributed by atoms with Crippen molar-refractivity contribution in [1.29, 1.82) is 0 Å². The summed E-state index contributed by atoms with van der Waals surface area (Å²) in [6, 6.07) is 8.61. The average Bonchev–Trinajstić information content (AvgIpc) is 2.86. The number of amides is 2.